The second-order valence-corrected chi connectivity index (χ2v) is 5.03. The van der Waals surface area contributed by atoms with Crippen molar-refractivity contribution in [2.45, 2.75) is 46.6 Å². The highest BCUT2D eigenvalue weighted by molar-refractivity contribution is 5.21. The lowest BCUT2D eigenvalue weighted by molar-refractivity contribution is -0.0406. The zero-order valence-corrected chi connectivity index (χ0v) is 9.67. The maximum absolute atomic E-state index is 10.2. The molecule has 82 valence electrons. The minimum absolute atomic E-state index is 0.0616. The fourth-order valence-electron chi connectivity index (χ4n) is 2.27. The number of aliphatic hydroxyl groups excluding tert-OH is 2. The van der Waals surface area contributed by atoms with Crippen molar-refractivity contribution in [2.24, 2.45) is 11.3 Å². The van der Waals surface area contributed by atoms with Crippen LogP contribution in [0.4, 0.5) is 0 Å². The molecule has 2 N–H and O–H groups in total. The van der Waals surface area contributed by atoms with Crippen LogP contribution in [0.25, 0.3) is 0 Å². The Bertz CT molecular complexity index is 241. The van der Waals surface area contributed by atoms with E-state index in [1.165, 1.54) is 5.57 Å². The first-order chi connectivity index (χ1) is 6.43. The standard InChI is InChI=1S/C12H22O2/c1-8(2)10-6-5-9(3)12(4,7-13)11(10)14/h9,11,13-14H,5-7H2,1-4H3/t9-,11?,12-/m0/s1. The van der Waals surface area contributed by atoms with E-state index in [1.807, 2.05) is 20.8 Å². The van der Waals surface area contributed by atoms with Gasteiger partial charge in [-0.15, -0.1) is 0 Å². The van der Waals surface area contributed by atoms with E-state index >= 15 is 0 Å². The predicted molar refractivity (Wildman–Crippen MR) is 58.0 cm³/mol. The Balaban J connectivity index is 3.00. The van der Waals surface area contributed by atoms with E-state index in [-0.39, 0.29) is 12.0 Å². The molecule has 1 unspecified atom stereocenters. The minimum atomic E-state index is -0.471. The van der Waals surface area contributed by atoms with E-state index in [0.717, 1.165) is 18.4 Å². The third kappa shape index (κ3) is 1.73. The highest BCUT2D eigenvalue weighted by Gasteiger charge is 2.43. The van der Waals surface area contributed by atoms with Gasteiger partial charge in [-0.2, -0.15) is 0 Å². The Hall–Kier alpha value is -0.340. The fourth-order valence-corrected chi connectivity index (χ4v) is 2.27. The molecule has 0 aliphatic heterocycles. The summed E-state index contributed by atoms with van der Waals surface area (Å²) < 4.78 is 0. The molecule has 2 nitrogen and oxygen atoms in total. The van der Waals surface area contributed by atoms with Crippen molar-refractivity contribution in [2.75, 3.05) is 6.61 Å². The van der Waals surface area contributed by atoms with E-state index in [1.54, 1.807) is 0 Å². The SMILES string of the molecule is CC(C)=C1CC[C@H](C)[C@](C)(CO)C1O. The molecule has 0 saturated heterocycles. The number of hydrogen-bond donors (Lipinski definition) is 2. The Morgan fingerprint density at radius 2 is 2.07 bits per heavy atom. The molecule has 1 fully saturated rings. The van der Waals surface area contributed by atoms with E-state index in [2.05, 4.69) is 6.92 Å². The summed E-state index contributed by atoms with van der Waals surface area (Å²) >= 11 is 0. The quantitative estimate of drug-likeness (QED) is 0.634. The summed E-state index contributed by atoms with van der Waals surface area (Å²) in [7, 11) is 0. The third-order valence-electron chi connectivity index (χ3n) is 3.91. The average Bonchev–Trinajstić information content (AvgIpc) is 2.14. The van der Waals surface area contributed by atoms with Crippen LogP contribution in [-0.2, 0) is 0 Å². The van der Waals surface area contributed by atoms with Crippen molar-refractivity contribution in [1.82, 2.24) is 0 Å². The van der Waals surface area contributed by atoms with Crippen LogP contribution in [0.5, 0.6) is 0 Å². The molecule has 0 amide bonds. The van der Waals surface area contributed by atoms with Crippen molar-refractivity contribution >= 4 is 0 Å². The number of aliphatic hydroxyl groups is 2. The van der Waals surface area contributed by atoms with Crippen molar-refractivity contribution in [1.29, 1.82) is 0 Å². The second-order valence-electron chi connectivity index (χ2n) is 5.03. The summed E-state index contributed by atoms with van der Waals surface area (Å²) in [4.78, 5) is 0. The maximum atomic E-state index is 10.2. The van der Waals surface area contributed by atoms with Crippen LogP contribution in [0.1, 0.15) is 40.5 Å². The van der Waals surface area contributed by atoms with Gasteiger partial charge in [-0.1, -0.05) is 19.4 Å². The summed E-state index contributed by atoms with van der Waals surface area (Å²) in [5, 5.41) is 19.6. The van der Waals surface area contributed by atoms with Gasteiger partial charge in [0.15, 0.2) is 0 Å². The van der Waals surface area contributed by atoms with Crippen LogP contribution < -0.4 is 0 Å². The van der Waals surface area contributed by atoms with Crippen molar-refractivity contribution < 1.29 is 10.2 Å². The van der Waals surface area contributed by atoms with Gasteiger partial charge in [-0.3, -0.25) is 0 Å². The molecule has 14 heavy (non-hydrogen) atoms. The highest BCUT2D eigenvalue weighted by atomic mass is 16.3. The zero-order valence-electron chi connectivity index (χ0n) is 9.67. The van der Waals surface area contributed by atoms with E-state index < -0.39 is 6.10 Å². The van der Waals surface area contributed by atoms with Gasteiger partial charge in [0.2, 0.25) is 0 Å². The average molecular weight is 198 g/mol. The van der Waals surface area contributed by atoms with E-state index in [0.29, 0.717) is 5.92 Å². The van der Waals surface area contributed by atoms with Crippen LogP contribution in [0.2, 0.25) is 0 Å². The summed E-state index contributed by atoms with van der Waals surface area (Å²) in [6.45, 7) is 8.22. The number of allylic oxidation sites excluding steroid dienone is 1. The third-order valence-corrected chi connectivity index (χ3v) is 3.91. The monoisotopic (exact) mass is 198 g/mol. The van der Waals surface area contributed by atoms with Gasteiger partial charge in [-0.25, -0.2) is 0 Å². The molecule has 0 radical (unpaired) electrons. The fraction of sp³-hybridized carbons (Fsp3) is 0.833. The lowest BCUT2D eigenvalue weighted by atomic mass is 9.64. The Labute approximate surface area is 86.6 Å². The first kappa shape index (κ1) is 11.7. The maximum Gasteiger partial charge on any atom is 0.0830 e. The summed E-state index contributed by atoms with van der Waals surface area (Å²) in [6.07, 6.45) is 1.57. The summed E-state index contributed by atoms with van der Waals surface area (Å²) in [5.41, 5.74) is 1.97. The summed E-state index contributed by atoms with van der Waals surface area (Å²) in [5.74, 6) is 0.380. The van der Waals surface area contributed by atoms with Crippen molar-refractivity contribution in [3.05, 3.63) is 11.1 Å². The van der Waals surface area contributed by atoms with Gasteiger partial charge in [0.05, 0.1) is 12.7 Å². The molecule has 0 heterocycles. The minimum Gasteiger partial charge on any atom is -0.396 e. The van der Waals surface area contributed by atoms with Crippen LogP contribution in [0, 0.1) is 11.3 Å². The Kier molecular flexibility index (Phi) is 3.38. The molecule has 0 aromatic carbocycles. The van der Waals surface area contributed by atoms with E-state index in [9.17, 15) is 10.2 Å². The molecule has 1 aliphatic carbocycles. The largest absolute Gasteiger partial charge is 0.396 e. The Morgan fingerprint density at radius 3 is 2.50 bits per heavy atom. The van der Waals surface area contributed by atoms with Crippen LogP contribution in [0.3, 0.4) is 0 Å². The molecule has 0 spiro atoms. The number of hydrogen-bond acceptors (Lipinski definition) is 2. The highest BCUT2D eigenvalue weighted by Crippen LogP contribution is 2.43. The van der Waals surface area contributed by atoms with Gasteiger partial charge < -0.3 is 10.2 Å². The van der Waals surface area contributed by atoms with Gasteiger partial charge in [0, 0.05) is 5.41 Å². The first-order valence-electron chi connectivity index (χ1n) is 5.38. The molecule has 1 rings (SSSR count). The molecule has 2 heteroatoms. The molecule has 1 aliphatic rings. The first-order valence-corrected chi connectivity index (χ1v) is 5.38. The molecule has 0 aromatic heterocycles. The van der Waals surface area contributed by atoms with Crippen LogP contribution in [-0.4, -0.2) is 22.9 Å². The molecule has 0 bridgehead atoms. The van der Waals surface area contributed by atoms with Gasteiger partial charge in [0.25, 0.3) is 0 Å². The molecule has 0 aromatic rings. The van der Waals surface area contributed by atoms with Crippen LogP contribution in [0.15, 0.2) is 11.1 Å². The predicted octanol–water partition coefficient (Wildman–Crippen LogP) is 2.11. The topological polar surface area (TPSA) is 40.5 Å². The lowest BCUT2D eigenvalue weighted by Crippen LogP contribution is -2.45. The van der Waals surface area contributed by atoms with Gasteiger partial charge >= 0.3 is 0 Å². The van der Waals surface area contributed by atoms with Gasteiger partial charge in [-0.05, 0) is 38.2 Å². The molecule has 3 atom stereocenters. The van der Waals surface area contributed by atoms with Crippen molar-refractivity contribution in [3.63, 3.8) is 0 Å². The number of rotatable bonds is 1. The molecular weight excluding hydrogens is 176 g/mol. The second kappa shape index (κ2) is 4.03. The van der Waals surface area contributed by atoms with E-state index in [4.69, 9.17) is 0 Å². The molecular formula is C12H22O2. The normalized spacial score (nSPS) is 38.6. The summed E-state index contributed by atoms with van der Waals surface area (Å²) in [6, 6.07) is 0. The Morgan fingerprint density at radius 1 is 1.50 bits per heavy atom. The van der Waals surface area contributed by atoms with Crippen molar-refractivity contribution in [3.8, 4) is 0 Å². The smallest absolute Gasteiger partial charge is 0.0830 e. The molecule has 1 saturated carbocycles. The zero-order chi connectivity index (χ0) is 10.9. The van der Waals surface area contributed by atoms with Crippen LogP contribution >= 0.6 is 0 Å². The lowest BCUT2D eigenvalue weighted by Gasteiger charge is -2.44. The van der Waals surface area contributed by atoms with Gasteiger partial charge in [0.1, 0.15) is 0 Å².